The van der Waals surface area contributed by atoms with Crippen molar-refractivity contribution in [2.24, 2.45) is 0 Å². The van der Waals surface area contributed by atoms with Crippen molar-refractivity contribution in [3.05, 3.63) is 88.6 Å². The summed E-state index contributed by atoms with van der Waals surface area (Å²) in [5.74, 6) is -0.745. The molecule has 1 saturated heterocycles. The predicted molar refractivity (Wildman–Crippen MR) is 126 cm³/mol. The molecule has 35 heavy (non-hydrogen) atoms. The van der Waals surface area contributed by atoms with E-state index in [0.717, 1.165) is 10.4 Å². The Balaban J connectivity index is 1.25. The van der Waals surface area contributed by atoms with Gasteiger partial charge in [0.05, 0.1) is 6.54 Å². The highest BCUT2D eigenvalue weighted by molar-refractivity contribution is 5.89. The van der Waals surface area contributed by atoms with Crippen molar-refractivity contribution in [1.29, 1.82) is 0 Å². The van der Waals surface area contributed by atoms with Gasteiger partial charge in [-0.3, -0.25) is 9.59 Å². The molecule has 1 fully saturated rings. The maximum atomic E-state index is 13.1. The average Bonchev–Trinajstić information content (AvgIpc) is 2.89. The molecule has 4 rings (SSSR count). The second-order valence-electron chi connectivity index (χ2n) is 7.86. The molecule has 0 atom stereocenters. The molecular formula is C25H25FN4O5. The third-order valence-electron chi connectivity index (χ3n) is 5.54. The van der Waals surface area contributed by atoms with Gasteiger partial charge in [0.15, 0.2) is 12.3 Å². The highest BCUT2D eigenvalue weighted by Crippen LogP contribution is 2.17. The molecule has 1 amide bonds. The van der Waals surface area contributed by atoms with Gasteiger partial charge < -0.3 is 19.3 Å². The Morgan fingerprint density at radius 1 is 0.914 bits per heavy atom. The highest BCUT2D eigenvalue weighted by atomic mass is 19.1. The molecule has 10 heteroatoms. The fourth-order valence-corrected chi connectivity index (χ4v) is 3.64. The van der Waals surface area contributed by atoms with Crippen LogP contribution in [0.3, 0.4) is 0 Å². The van der Waals surface area contributed by atoms with Gasteiger partial charge in [0.2, 0.25) is 0 Å². The van der Waals surface area contributed by atoms with Crippen LogP contribution >= 0.6 is 0 Å². The second-order valence-corrected chi connectivity index (χ2v) is 7.86. The molecule has 2 aromatic carbocycles. The van der Waals surface area contributed by atoms with Crippen molar-refractivity contribution in [2.75, 3.05) is 44.3 Å². The molecule has 2 heterocycles. The number of amides is 1. The first kappa shape index (κ1) is 23.9. The lowest BCUT2D eigenvalue weighted by Gasteiger charge is -2.36. The van der Waals surface area contributed by atoms with Gasteiger partial charge in [-0.05, 0) is 42.5 Å². The minimum atomic E-state index is -0.791. The Bertz CT molecular complexity index is 1210. The highest BCUT2D eigenvalue weighted by Gasteiger charge is 2.23. The number of aromatic nitrogens is 2. The number of piperazine rings is 1. The smallest absolute Gasteiger partial charge is 0.359 e. The number of carbonyl (C=O) groups is 2. The first-order chi connectivity index (χ1) is 17.0. The molecule has 0 spiro atoms. The van der Waals surface area contributed by atoms with E-state index in [9.17, 15) is 18.8 Å². The van der Waals surface area contributed by atoms with Gasteiger partial charge in [-0.15, -0.1) is 0 Å². The van der Waals surface area contributed by atoms with Gasteiger partial charge in [0.1, 0.15) is 18.2 Å². The normalized spacial score (nSPS) is 13.4. The molecule has 0 saturated carbocycles. The Hall–Kier alpha value is -4.21. The fraction of sp³-hybridized carbons (Fsp3) is 0.280. The topological polar surface area (TPSA) is 94.0 Å². The molecule has 0 unspecified atom stereocenters. The van der Waals surface area contributed by atoms with E-state index in [1.165, 1.54) is 24.3 Å². The van der Waals surface area contributed by atoms with E-state index in [1.54, 1.807) is 29.2 Å². The van der Waals surface area contributed by atoms with Crippen LogP contribution in [-0.2, 0) is 16.1 Å². The maximum absolute atomic E-state index is 13.1. The Morgan fingerprint density at radius 2 is 1.63 bits per heavy atom. The van der Waals surface area contributed by atoms with Crippen LogP contribution in [0.2, 0.25) is 0 Å². The average molecular weight is 480 g/mol. The van der Waals surface area contributed by atoms with Crippen molar-refractivity contribution in [1.82, 2.24) is 14.7 Å². The first-order valence-corrected chi connectivity index (χ1v) is 11.2. The van der Waals surface area contributed by atoms with Crippen molar-refractivity contribution in [3.8, 4) is 5.75 Å². The van der Waals surface area contributed by atoms with E-state index in [0.29, 0.717) is 31.9 Å². The lowest BCUT2D eigenvalue weighted by Crippen LogP contribution is -2.50. The third-order valence-corrected chi connectivity index (χ3v) is 5.54. The Labute approximate surface area is 201 Å². The molecule has 0 bridgehead atoms. The SMILES string of the molecule is O=C(OCC(=O)N1CCN(c2ccc(F)cc2)CC1)c1ccc(=O)n(CCOc2ccccc2)n1. The summed E-state index contributed by atoms with van der Waals surface area (Å²) in [6.45, 7) is 2.00. The van der Waals surface area contributed by atoms with Crippen molar-refractivity contribution in [2.45, 2.75) is 6.54 Å². The largest absolute Gasteiger partial charge is 0.492 e. The van der Waals surface area contributed by atoms with Crippen LogP contribution in [0.1, 0.15) is 10.5 Å². The molecule has 0 N–H and O–H groups in total. The van der Waals surface area contributed by atoms with Crippen LogP contribution in [-0.4, -0.2) is 65.9 Å². The molecule has 182 valence electrons. The number of ether oxygens (including phenoxy) is 2. The van der Waals surface area contributed by atoms with Crippen LogP contribution in [0.5, 0.6) is 5.75 Å². The zero-order chi connectivity index (χ0) is 24.6. The van der Waals surface area contributed by atoms with Crippen molar-refractivity contribution in [3.63, 3.8) is 0 Å². The van der Waals surface area contributed by atoms with Crippen LogP contribution in [0, 0.1) is 5.82 Å². The predicted octanol–water partition coefficient (Wildman–Crippen LogP) is 1.97. The minimum Gasteiger partial charge on any atom is -0.492 e. The van der Waals surface area contributed by atoms with Gasteiger partial charge >= 0.3 is 5.97 Å². The van der Waals surface area contributed by atoms with Crippen molar-refractivity contribution < 1.29 is 23.5 Å². The molecule has 1 aromatic heterocycles. The van der Waals surface area contributed by atoms with E-state index in [1.807, 2.05) is 18.2 Å². The summed E-state index contributed by atoms with van der Waals surface area (Å²) in [6.07, 6.45) is 0. The quantitative estimate of drug-likeness (QED) is 0.455. The molecule has 1 aliphatic heterocycles. The molecule has 1 aliphatic rings. The van der Waals surface area contributed by atoms with E-state index in [-0.39, 0.29) is 36.1 Å². The lowest BCUT2D eigenvalue weighted by atomic mass is 10.2. The van der Waals surface area contributed by atoms with Crippen LogP contribution in [0.25, 0.3) is 0 Å². The van der Waals surface area contributed by atoms with E-state index in [2.05, 4.69) is 10.00 Å². The van der Waals surface area contributed by atoms with Gasteiger partial charge in [0, 0.05) is 37.9 Å². The number of rotatable bonds is 8. The summed E-state index contributed by atoms with van der Waals surface area (Å²) in [4.78, 5) is 40.7. The number of halogens is 1. The van der Waals surface area contributed by atoms with Crippen LogP contribution in [0.15, 0.2) is 71.5 Å². The fourth-order valence-electron chi connectivity index (χ4n) is 3.64. The maximum Gasteiger partial charge on any atom is 0.359 e. The molecule has 3 aromatic rings. The molecular weight excluding hydrogens is 455 g/mol. The zero-order valence-electron chi connectivity index (χ0n) is 19.0. The second kappa shape index (κ2) is 11.3. The summed E-state index contributed by atoms with van der Waals surface area (Å²) in [5.41, 5.74) is 0.437. The van der Waals surface area contributed by atoms with E-state index >= 15 is 0 Å². The zero-order valence-corrected chi connectivity index (χ0v) is 19.0. The number of nitrogens with zero attached hydrogens (tertiary/aromatic N) is 4. The molecule has 0 radical (unpaired) electrons. The summed E-state index contributed by atoms with van der Waals surface area (Å²) in [6, 6.07) is 17.8. The van der Waals surface area contributed by atoms with Crippen LogP contribution in [0.4, 0.5) is 10.1 Å². The third kappa shape index (κ3) is 6.44. The number of hydrogen-bond donors (Lipinski definition) is 0. The van der Waals surface area contributed by atoms with Gasteiger partial charge in [-0.2, -0.15) is 5.10 Å². The number of hydrogen-bond acceptors (Lipinski definition) is 7. The Kier molecular flexibility index (Phi) is 7.71. The minimum absolute atomic E-state index is 0.0711. The van der Waals surface area contributed by atoms with Crippen molar-refractivity contribution >= 4 is 17.6 Å². The summed E-state index contributed by atoms with van der Waals surface area (Å²) >= 11 is 0. The monoisotopic (exact) mass is 480 g/mol. The lowest BCUT2D eigenvalue weighted by molar-refractivity contribution is -0.134. The van der Waals surface area contributed by atoms with Crippen LogP contribution < -0.4 is 15.2 Å². The molecule has 0 aliphatic carbocycles. The van der Waals surface area contributed by atoms with Gasteiger partial charge in [-0.25, -0.2) is 13.9 Å². The standard InChI is InChI=1S/C25H25FN4O5/c26-19-6-8-20(9-7-19)28-12-14-29(15-13-28)24(32)18-35-25(33)22-10-11-23(31)30(27-22)16-17-34-21-4-2-1-3-5-21/h1-11H,12-18H2. The number of esters is 1. The number of carbonyl (C=O) groups excluding carboxylic acids is 2. The Morgan fingerprint density at radius 3 is 2.34 bits per heavy atom. The van der Waals surface area contributed by atoms with Gasteiger partial charge in [0.25, 0.3) is 11.5 Å². The summed E-state index contributed by atoms with van der Waals surface area (Å²) in [5, 5.41) is 4.03. The van der Waals surface area contributed by atoms with E-state index in [4.69, 9.17) is 9.47 Å². The number of para-hydroxylation sites is 1. The van der Waals surface area contributed by atoms with E-state index < -0.39 is 12.6 Å². The number of benzene rings is 2. The van der Waals surface area contributed by atoms with Gasteiger partial charge in [-0.1, -0.05) is 18.2 Å². The summed E-state index contributed by atoms with van der Waals surface area (Å²) < 4.78 is 24.9. The first-order valence-electron chi connectivity index (χ1n) is 11.2. The number of anilines is 1. The summed E-state index contributed by atoms with van der Waals surface area (Å²) in [7, 11) is 0. The molecule has 9 nitrogen and oxygen atoms in total.